The molecule has 0 radical (unpaired) electrons. The summed E-state index contributed by atoms with van der Waals surface area (Å²) >= 11 is 6.07. The number of halogens is 1. The number of rotatable bonds is 3. The van der Waals surface area contributed by atoms with Gasteiger partial charge in [0, 0.05) is 19.2 Å². The van der Waals surface area contributed by atoms with Crippen molar-refractivity contribution in [2.75, 3.05) is 18.5 Å². The van der Waals surface area contributed by atoms with E-state index in [1.165, 1.54) is 6.42 Å². The van der Waals surface area contributed by atoms with Crippen LogP contribution in [0.1, 0.15) is 24.7 Å². The van der Waals surface area contributed by atoms with Gasteiger partial charge in [0.1, 0.15) is 16.8 Å². The molecule has 1 fully saturated rings. The van der Waals surface area contributed by atoms with E-state index in [-0.39, 0.29) is 0 Å². The van der Waals surface area contributed by atoms with E-state index in [0.29, 0.717) is 5.15 Å². The second kappa shape index (κ2) is 4.21. The second-order valence-corrected chi connectivity index (χ2v) is 5.22. The molecular formula is C12H18ClN3. The van der Waals surface area contributed by atoms with Gasteiger partial charge in [0.15, 0.2) is 0 Å². The minimum Gasteiger partial charge on any atom is -0.359 e. The van der Waals surface area contributed by atoms with Gasteiger partial charge in [0.05, 0.1) is 0 Å². The maximum atomic E-state index is 6.07. The van der Waals surface area contributed by atoms with Gasteiger partial charge >= 0.3 is 0 Å². The lowest BCUT2D eigenvalue weighted by Gasteiger charge is -2.20. The molecule has 0 aromatic carbocycles. The first kappa shape index (κ1) is 11.6. The maximum Gasteiger partial charge on any atom is 0.137 e. The zero-order valence-corrected chi connectivity index (χ0v) is 11.0. The van der Waals surface area contributed by atoms with Gasteiger partial charge in [-0.3, -0.25) is 0 Å². The molecular weight excluding hydrogens is 222 g/mol. The van der Waals surface area contributed by atoms with E-state index >= 15 is 0 Å². The van der Waals surface area contributed by atoms with Crippen LogP contribution in [0.2, 0.25) is 5.15 Å². The molecule has 1 aromatic rings. The summed E-state index contributed by atoms with van der Waals surface area (Å²) in [4.78, 5) is 10.8. The molecule has 0 N–H and O–H groups in total. The van der Waals surface area contributed by atoms with E-state index in [4.69, 9.17) is 11.6 Å². The van der Waals surface area contributed by atoms with Crippen molar-refractivity contribution >= 4 is 17.4 Å². The Morgan fingerprint density at radius 1 is 1.38 bits per heavy atom. The van der Waals surface area contributed by atoms with Crippen molar-refractivity contribution in [2.24, 2.45) is 11.8 Å². The highest BCUT2D eigenvalue weighted by Crippen LogP contribution is 2.39. The molecule has 0 saturated heterocycles. The molecule has 2 unspecified atom stereocenters. The highest BCUT2D eigenvalue weighted by molar-refractivity contribution is 6.30. The number of aromatic nitrogens is 2. The van der Waals surface area contributed by atoms with E-state index in [9.17, 15) is 0 Å². The second-order valence-electron chi connectivity index (χ2n) is 4.86. The number of anilines is 1. The van der Waals surface area contributed by atoms with Crippen LogP contribution in [-0.4, -0.2) is 23.6 Å². The van der Waals surface area contributed by atoms with Crippen LogP contribution in [0.3, 0.4) is 0 Å². The Hall–Kier alpha value is -0.830. The van der Waals surface area contributed by atoms with Gasteiger partial charge in [0.25, 0.3) is 0 Å². The van der Waals surface area contributed by atoms with Crippen LogP contribution in [0.15, 0.2) is 0 Å². The summed E-state index contributed by atoms with van der Waals surface area (Å²) in [7, 11) is 2.08. The van der Waals surface area contributed by atoms with Crippen LogP contribution in [0.5, 0.6) is 0 Å². The molecule has 1 aromatic heterocycles. The van der Waals surface area contributed by atoms with Gasteiger partial charge in [-0.05, 0) is 32.1 Å². The van der Waals surface area contributed by atoms with Crippen molar-refractivity contribution in [3.05, 3.63) is 16.5 Å². The first-order valence-electron chi connectivity index (χ1n) is 5.71. The lowest BCUT2D eigenvalue weighted by Crippen LogP contribution is -2.23. The fourth-order valence-electron chi connectivity index (χ4n) is 2.04. The number of aryl methyl sites for hydroxylation is 1. The molecule has 0 aliphatic heterocycles. The predicted octanol–water partition coefficient (Wildman–Crippen LogP) is 2.84. The Morgan fingerprint density at radius 2 is 2.00 bits per heavy atom. The molecule has 4 heteroatoms. The Bertz CT molecular complexity index is 405. The van der Waals surface area contributed by atoms with Crippen molar-refractivity contribution in [2.45, 2.75) is 27.2 Å². The first-order chi connectivity index (χ1) is 7.49. The van der Waals surface area contributed by atoms with Crippen LogP contribution in [0.4, 0.5) is 5.82 Å². The highest BCUT2D eigenvalue weighted by Gasteiger charge is 2.33. The summed E-state index contributed by atoms with van der Waals surface area (Å²) in [5.41, 5.74) is 0.975. The summed E-state index contributed by atoms with van der Waals surface area (Å²) in [6, 6.07) is 0. The van der Waals surface area contributed by atoms with Gasteiger partial charge < -0.3 is 4.90 Å². The molecule has 2 atom stereocenters. The molecule has 0 amide bonds. The number of hydrogen-bond acceptors (Lipinski definition) is 3. The third-order valence-electron chi connectivity index (χ3n) is 3.32. The van der Waals surface area contributed by atoms with Crippen molar-refractivity contribution in [3.63, 3.8) is 0 Å². The largest absolute Gasteiger partial charge is 0.359 e. The van der Waals surface area contributed by atoms with Crippen LogP contribution >= 0.6 is 11.6 Å². The number of hydrogen-bond donors (Lipinski definition) is 0. The monoisotopic (exact) mass is 239 g/mol. The quantitative estimate of drug-likeness (QED) is 0.760. The highest BCUT2D eigenvalue weighted by atomic mass is 35.5. The molecule has 1 aliphatic carbocycles. The number of nitrogens with zero attached hydrogens (tertiary/aromatic N) is 3. The topological polar surface area (TPSA) is 29.0 Å². The molecule has 3 nitrogen and oxygen atoms in total. The van der Waals surface area contributed by atoms with Crippen LogP contribution in [0.25, 0.3) is 0 Å². The summed E-state index contributed by atoms with van der Waals surface area (Å²) in [6.07, 6.45) is 1.33. The smallest absolute Gasteiger partial charge is 0.137 e. The van der Waals surface area contributed by atoms with Crippen molar-refractivity contribution in [3.8, 4) is 0 Å². The normalized spacial score (nSPS) is 23.3. The van der Waals surface area contributed by atoms with E-state index in [1.54, 1.807) is 0 Å². The fourth-order valence-corrected chi connectivity index (χ4v) is 2.25. The molecule has 0 bridgehead atoms. The van der Waals surface area contributed by atoms with E-state index in [2.05, 4.69) is 28.8 Å². The fraction of sp³-hybridized carbons (Fsp3) is 0.667. The third kappa shape index (κ3) is 2.29. The molecule has 1 aliphatic rings. The molecule has 2 rings (SSSR count). The summed E-state index contributed by atoms with van der Waals surface area (Å²) in [5, 5.41) is 0.568. The van der Waals surface area contributed by atoms with Crippen molar-refractivity contribution in [1.82, 2.24) is 9.97 Å². The van der Waals surface area contributed by atoms with Gasteiger partial charge in [-0.2, -0.15) is 0 Å². The minimum atomic E-state index is 0.568. The van der Waals surface area contributed by atoms with E-state index in [1.807, 2.05) is 13.8 Å². The Labute approximate surface area is 102 Å². The summed E-state index contributed by atoms with van der Waals surface area (Å²) < 4.78 is 0. The maximum absolute atomic E-state index is 6.07. The molecule has 1 heterocycles. The average molecular weight is 240 g/mol. The van der Waals surface area contributed by atoms with Crippen LogP contribution < -0.4 is 4.90 Å². The third-order valence-corrected chi connectivity index (χ3v) is 3.69. The van der Waals surface area contributed by atoms with Crippen LogP contribution in [0, 0.1) is 25.7 Å². The van der Waals surface area contributed by atoms with E-state index in [0.717, 1.165) is 35.6 Å². The Kier molecular flexibility index (Phi) is 3.06. The lowest BCUT2D eigenvalue weighted by atomic mass is 10.3. The van der Waals surface area contributed by atoms with Crippen molar-refractivity contribution < 1.29 is 0 Å². The van der Waals surface area contributed by atoms with Gasteiger partial charge in [-0.1, -0.05) is 18.5 Å². The molecule has 88 valence electrons. The lowest BCUT2D eigenvalue weighted by molar-refractivity contribution is 0.715. The van der Waals surface area contributed by atoms with Gasteiger partial charge in [-0.25, -0.2) is 9.97 Å². The molecule has 1 saturated carbocycles. The average Bonchev–Trinajstić information content (AvgIpc) is 2.87. The Morgan fingerprint density at radius 3 is 2.56 bits per heavy atom. The van der Waals surface area contributed by atoms with Gasteiger partial charge in [0.2, 0.25) is 0 Å². The predicted molar refractivity (Wildman–Crippen MR) is 67.1 cm³/mol. The summed E-state index contributed by atoms with van der Waals surface area (Å²) in [6.45, 7) is 7.21. The zero-order valence-electron chi connectivity index (χ0n) is 10.3. The molecule has 16 heavy (non-hydrogen) atoms. The van der Waals surface area contributed by atoms with Crippen LogP contribution in [-0.2, 0) is 0 Å². The Balaban J connectivity index is 2.18. The summed E-state index contributed by atoms with van der Waals surface area (Å²) in [5.74, 6) is 3.39. The standard InChI is InChI=1S/C12H18ClN3/c1-7-5-10(7)6-16(4)12-8(2)11(13)14-9(3)15-12/h7,10H,5-6H2,1-4H3. The van der Waals surface area contributed by atoms with Crippen molar-refractivity contribution in [1.29, 1.82) is 0 Å². The van der Waals surface area contributed by atoms with Gasteiger partial charge in [-0.15, -0.1) is 0 Å². The SMILES string of the molecule is Cc1nc(Cl)c(C)c(N(C)CC2CC2C)n1. The zero-order chi connectivity index (χ0) is 11.9. The van der Waals surface area contributed by atoms with E-state index < -0.39 is 0 Å². The molecule has 0 spiro atoms. The first-order valence-corrected chi connectivity index (χ1v) is 6.08. The minimum absolute atomic E-state index is 0.568.